The molecule has 0 aromatic rings. The number of hydrogen-bond donors (Lipinski definition) is 1. The summed E-state index contributed by atoms with van der Waals surface area (Å²) in [6.45, 7) is 0.663. The third-order valence-corrected chi connectivity index (χ3v) is 2.96. The van der Waals surface area contributed by atoms with Crippen molar-refractivity contribution in [2.24, 2.45) is 5.73 Å². The minimum absolute atomic E-state index is 0.134. The van der Waals surface area contributed by atoms with Crippen LogP contribution in [-0.4, -0.2) is 51.1 Å². The minimum atomic E-state index is -0.134. The highest BCUT2D eigenvalue weighted by atomic mass is 16.7. The monoisotopic (exact) mass is 202 g/mol. The molecule has 0 saturated heterocycles. The molecule has 1 rings (SSSR count). The maximum absolute atomic E-state index is 5.74. The molecule has 0 aromatic heterocycles. The molecule has 14 heavy (non-hydrogen) atoms. The smallest absolute Gasteiger partial charge is 0.158 e. The quantitative estimate of drug-likeness (QED) is 0.608. The van der Waals surface area contributed by atoms with Gasteiger partial charge in [0.15, 0.2) is 6.29 Å². The molecule has 1 aliphatic carbocycles. The summed E-state index contributed by atoms with van der Waals surface area (Å²) in [6, 6.07) is 1.10. The fourth-order valence-electron chi connectivity index (χ4n) is 1.72. The first-order chi connectivity index (χ1) is 6.72. The molecule has 0 spiro atoms. The van der Waals surface area contributed by atoms with Crippen molar-refractivity contribution in [1.29, 1.82) is 0 Å². The lowest BCUT2D eigenvalue weighted by molar-refractivity contribution is -0.115. The molecule has 1 aliphatic rings. The first-order valence-electron chi connectivity index (χ1n) is 5.20. The molecule has 0 amide bonds. The Morgan fingerprint density at radius 3 is 2.29 bits per heavy atom. The SMILES string of the molecule is COC(CC(CN)N(C)C1CC1)OC. The topological polar surface area (TPSA) is 47.7 Å². The highest BCUT2D eigenvalue weighted by Gasteiger charge is 2.31. The zero-order chi connectivity index (χ0) is 10.6. The van der Waals surface area contributed by atoms with E-state index in [2.05, 4.69) is 11.9 Å². The number of nitrogens with zero attached hydrogens (tertiary/aromatic N) is 1. The van der Waals surface area contributed by atoms with Gasteiger partial charge in [0.05, 0.1) is 0 Å². The molecular formula is C10H22N2O2. The summed E-state index contributed by atoms with van der Waals surface area (Å²) < 4.78 is 10.4. The summed E-state index contributed by atoms with van der Waals surface area (Å²) >= 11 is 0. The Hall–Kier alpha value is -0.160. The molecule has 0 aliphatic heterocycles. The van der Waals surface area contributed by atoms with Crippen molar-refractivity contribution in [2.75, 3.05) is 27.8 Å². The molecule has 1 fully saturated rings. The van der Waals surface area contributed by atoms with Crippen LogP contribution in [0, 0.1) is 0 Å². The lowest BCUT2D eigenvalue weighted by atomic mass is 10.1. The average molecular weight is 202 g/mol. The Morgan fingerprint density at radius 1 is 1.36 bits per heavy atom. The van der Waals surface area contributed by atoms with E-state index < -0.39 is 0 Å². The van der Waals surface area contributed by atoms with Crippen molar-refractivity contribution >= 4 is 0 Å². The molecule has 0 radical (unpaired) electrons. The second-order valence-corrected chi connectivity index (χ2v) is 3.92. The molecule has 0 aromatic carbocycles. The number of methoxy groups -OCH3 is 2. The first kappa shape index (κ1) is 11.9. The van der Waals surface area contributed by atoms with E-state index in [1.54, 1.807) is 14.2 Å². The van der Waals surface area contributed by atoms with Crippen molar-refractivity contribution < 1.29 is 9.47 Å². The molecule has 1 saturated carbocycles. The van der Waals surface area contributed by atoms with Gasteiger partial charge in [-0.3, -0.25) is 4.90 Å². The van der Waals surface area contributed by atoms with Crippen LogP contribution >= 0.6 is 0 Å². The Kier molecular flexibility index (Phi) is 4.81. The zero-order valence-electron chi connectivity index (χ0n) is 9.40. The molecule has 4 heteroatoms. The molecular weight excluding hydrogens is 180 g/mol. The summed E-state index contributed by atoms with van der Waals surface area (Å²) in [5, 5.41) is 0. The van der Waals surface area contributed by atoms with Crippen LogP contribution in [0.5, 0.6) is 0 Å². The third kappa shape index (κ3) is 3.20. The van der Waals surface area contributed by atoms with Crippen molar-refractivity contribution in [1.82, 2.24) is 4.90 Å². The maximum atomic E-state index is 5.74. The van der Waals surface area contributed by atoms with Gasteiger partial charge in [0.1, 0.15) is 0 Å². The van der Waals surface area contributed by atoms with Crippen LogP contribution in [0.25, 0.3) is 0 Å². The number of nitrogens with two attached hydrogens (primary N) is 1. The fourth-order valence-corrected chi connectivity index (χ4v) is 1.72. The van der Waals surface area contributed by atoms with Gasteiger partial charge < -0.3 is 15.2 Å². The standard InChI is InChI=1S/C10H22N2O2/c1-12(8-4-5-8)9(7-11)6-10(13-2)14-3/h8-10H,4-7,11H2,1-3H3. The van der Waals surface area contributed by atoms with E-state index in [0.29, 0.717) is 12.6 Å². The van der Waals surface area contributed by atoms with Crippen molar-refractivity contribution in [3.05, 3.63) is 0 Å². The normalized spacial score (nSPS) is 19.3. The van der Waals surface area contributed by atoms with Gasteiger partial charge >= 0.3 is 0 Å². The summed E-state index contributed by atoms with van der Waals surface area (Å²) in [4.78, 5) is 2.35. The Bertz CT molecular complexity index is 158. The number of likely N-dealkylation sites (N-methyl/N-ethyl adjacent to an activating group) is 1. The van der Waals surface area contributed by atoms with Gasteiger partial charge in [-0.05, 0) is 19.9 Å². The van der Waals surface area contributed by atoms with Crippen LogP contribution in [0.1, 0.15) is 19.3 Å². The average Bonchev–Trinajstić information content (AvgIpc) is 3.02. The molecule has 4 nitrogen and oxygen atoms in total. The third-order valence-electron chi connectivity index (χ3n) is 2.96. The zero-order valence-corrected chi connectivity index (χ0v) is 9.40. The van der Waals surface area contributed by atoms with E-state index in [1.165, 1.54) is 12.8 Å². The van der Waals surface area contributed by atoms with E-state index >= 15 is 0 Å². The summed E-state index contributed by atoms with van der Waals surface area (Å²) in [5.74, 6) is 0. The Balaban J connectivity index is 2.35. The molecule has 1 atom stereocenters. The van der Waals surface area contributed by atoms with Gasteiger partial charge in [-0.15, -0.1) is 0 Å². The van der Waals surface area contributed by atoms with Gasteiger partial charge in [0, 0.05) is 39.3 Å². The molecule has 2 N–H and O–H groups in total. The highest BCUT2D eigenvalue weighted by molar-refractivity contribution is 4.87. The van der Waals surface area contributed by atoms with Crippen molar-refractivity contribution in [2.45, 2.75) is 37.6 Å². The summed E-state index contributed by atoms with van der Waals surface area (Å²) in [6.07, 6.45) is 3.32. The van der Waals surface area contributed by atoms with E-state index in [0.717, 1.165) is 12.5 Å². The predicted octanol–water partition coefficient (Wildman–Crippen LogP) is 0.417. The van der Waals surface area contributed by atoms with Gasteiger partial charge in [0.2, 0.25) is 0 Å². The molecule has 0 heterocycles. The summed E-state index contributed by atoms with van der Waals surface area (Å²) in [7, 11) is 5.47. The van der Waals surface area contributed by atoms with Crippen LogP contribution < -0.4 is 5.73 Å². The molecule has 1 unspecified atom stereocenters. The van der Waals surface area contributed by atoms with Crippen LogP contribution in [-0.2, 0) is 9.47 Å². The highest BCUT2D eigenvalue weighted by Crippen LogP contribution is 2.28. The van der Waals surface area contributed by atoms with Crippen LogP contribution in [0.2, 0.25) is 0 Å². The van der Waals surface area contributed by atoms with E-state index in [4.69, 9.17) is 15.2 Å². The minimum Gasteiger partial charge on any atom is -0.356 e. The maximum Gasteiger partial charge on any atom is 0.158 e. The Morgan fingerprint density at radius 2 is 1.93 bits per heavy atom. The second-order valence-electron chi connectivity index (χ2n) is 3.92. The number of hydrogen-bond acceptors (Lipinski definition) is 4. The second kappa shape index (κ2) is 5.66. The van der Waals surface area contributed by atoms with Gasteiger partial charge in [0.25, 0.3) is 0 Å². The van der Waals surface area contributed by atoms with E-state index in [9.17, 15) is 0 Å². The summed E-state index contributed by atoms with van der Waals surface area (Å²) in [5.41, 5.74) is 5.74. The largest absolute Gasteiger partial charge is 0.356 e. The Labute approximate surface area is 86.3 Å². The number of ether oxygens (including phenoxy) is 2. The molecule has 0 bridgehead atoms. The van der Waals surface area contributed by atoms with Gasteiger partial charge in [-0.25, -0.2) is 0 Å². The van der Waals surface area contributed by atoms with Gasteiger partial charge in [-0.2, -0.15) is 0 Å². The number of rotatable bonds is 7. The molecule has 84 valence electrons. The van der Waals surface area contributed by atoms with E-state index in [1.807, 2.05) is 0 Å². The van der Waals surface area contributed by atoms with Crippen LogP contribution in [0.15, 0.2) is 0 Å². The lowest BCUT2D eigenvalue weighted by Gasteiger charge is -2.29. The van der Waals surface area contributed by atoms with Crippen LogP contribution in [0.4, 0.5) is 0 Å². The van der Waals surface area contributed by atoms with Crippen molar-refractivity contribution in [3.63, 3.8) is 0 Å². The van der Waals surface area contributed by atoms with E-state index in [-0.39, 0.29) is 6.29 Å². The van der Waals surface area contributed by atoms with Crippen molar-refractivity contribution in [3.8, 4) is 0 Å². The van der Waals surface area contributed by atoms with Crippen LogP contribution in [0.3, 0.4) is 0 Å². The lowest BCUT2D eigenvalue weighted by Crippen LogP contribution is -2.42. The van der Waals surface area contributed by atoms with Gasteiger partial charge in [-0.1, -0.05) is 0 Å². The fraction of sp³-hybridized carbons (Fsp3) is 1.00. The first-order valence-corrected chi connectivity index (χ1v) is 5.20. The predicted molar refractivity (Wildman–Crippen MR) is 56.1 cm³/mol.